The van der Waals surface area contributed by atoms with E-state index in [9.17, 15) is 22.8 Å². The zero-order valence-corrected chi connectivity index (χ0v) is 17.2. The number of amides is 1. The Morgan fingerprint density at radius 3 is 2.64 bits per heavy atom. The Balaban J connectivity index is 1.57. The van der Waals surface area contributed by atoms with E-state index in [0.29, 0.717) is 22.5 Å². The summed E-state index contributed by atoms with van der Waals surface area (Å²) in [5.41, 5.74) is 1.76. The number of rotatable bonds is 2. The number of hydrogen-bond donors (Lipinski definition) is 2. The van der Waals surface area contributed by atoms with Crippen molar-refractivity contribution in [2.75, 3.05) is 5.32 Å². The van der Waals surface area contributed by atoms with Crippen LogP contribution in [0, 0.1) is 18.8 Å². The fraction of sp³-hybridized carbons (Fsp3) is 0.0800. The lowest BCUT2D eigenvalue weighted by molar-refractivity contribution is -0.137. The number of carbonyl (C=O) groups excluding carboxylic acids is 1. The van der Waals surface area contributed by atoms with E-state index < -0.39 is 17.6 Å². The van der Waals surface area contributed by atoms with Crippen LogP contribution in [0.3, 0.4) is 0 Å². The van der Waals surface area contributed by atoms with Crippen molar-refractivity contribution in [2.24, 2.45) is 0 Å². The van der Waals surface area contributed by atoms with Gasteiger partial charge in [0.1, 0.15) is 5.65 Å². The fourth-order valence-electron chi connectivity index (χ4n) is 3.12. The summed E-state index contributed by atoms with van der Waals surface area (Å²) >= 11 is 0. The van der Waals surface area contributed by atoms with Gasteiger partial charge in [0.2, 0.25) is 5.56 Å². The molecule has 0 bridgehead atoms. The molecule has 2 aromatic carbocycles. The molecule has 0 saturated carbocycles. The van der Waals surface area contributed by atoms with Gasteiger partial charge in [0, 0.05) is 40.0 Å². The monoisotopic (exact) mass is 447 g/mol. The predicted octanol–water partition coefficient (Wildman–Crippen LogP) is 4.90. The Morgan fingerprint density at radius 1 is 1.03 bits per heavy atom. The molecule has 0 unspecified atom stereocenters. The van der Waals surface area contributed by atoms with E-state index in [4.69, 9.17) is 0 Å². The lowest BCUT2D eigenvalue weighted by Crippen LogP contribution is -2.14. The highest BCUT2D eigenvalue weighted by molar-refractivity contribution is 6.04. The molecule has 0 aliphatic carbocycles. The number of nitrogens with zero attached hydrogens (tertiary/aromatic N) is 1. The fourth-order valence-corrected chi connectivity index (χ4v) is 3.12. The molecule has 0 atom stereocenters. The molecule has 2 aromatic heterocycles. The maximum Gasteiger partial charge on any atom is 0.416 e. The van der Waals surface area contributed by atoms with E-state index in [-0.39, 0.29) is 11.1 Å². The summed E-state index contributed by atoms with van der Waals surface area (Å²) in [4.78, 5) is 30.7. The number of aryl methyl sites for hydroxylation is 1. The summed E-state index contributed by atoms with van der Waals surface area (Å²) in [6.45, 7) is 1.85. The van der Waals surface area contributed by atoms with Crippen LogP contribution < -0.4 is 10.9 Å². The van der Waals surface area contributed by atoms with E-state index >= 15 is 0 Å². The number of carbonyl (C=O) groups is 1. The largest absolute Gasteiger partial charge is 0.416 e. The van der Waals surface area contributed by atoms with Crippen LogP contribution in [-0.4, -0.2) is 15.9 Å². The first-order valence-electron chi connectivity index (χ1n) is 9.79. The highest BCUT2D eigenvalue weighted by atomic mass is 19.4. The van der Waals surface area contributed by atoms with Gasteiger partial charge in [0.05, 0.1) is 5.56 Å². The summed E-state index contributed by atoms with van der Waals surface area (Å²) < 4.78 is 38.8. The molecule has 33 heavy (non-hydrogen) atoms. The van der Waals surface area contributed by atoms with Crippen LogP contribution in [0.1, 0.15) is 32.6 Å². The Hall–Kier alpha value is -4.38. The van der Waals surface area contributed by atoms with Crippen molar-refractivity contribution in [3.63, 3.8) is 0 Å². The van der Waals surface area contributed by atoms with E-state index in [2.05, 4.69) is 27.1 Å². The number of fused-ring (bicyclic) bond motifs is 1. The highest BCUT2D eigenvalue weighted by Gasteiger charge is 2.30. The van der Waals surface area contributed by atoms with Crippen LogP contribution in [0.15, 0.2) is 71.7 Å². The first kappa shape index (κ1) is 21.8. The zero-order valence-electron chi connectivity index (χ0n) is 17.2. The first-order chi connectivity index (χ1) is 15.7. The second kappa shape index (κ2) is 8.63. The number of anilines is 1. The average molecular weight is 447 g/mol. The molecule has 0 aliphatic heterocycles. The molecule has 164 valence electrons. The molecule has 4 rings (SSSR count). The number of H-pyrrole nitrogens is 1. The van der Waals surface area contributed by atoms with Crippen molar-refractivity contribution >= 4 is 22.6 Å². The van der Waals surface area contributed by atoms with Gasteiger partial charge in [0.15, 0.2) is 0 Å². The van der Waals surface area contributed by atoms with Crippen LogP contribution in [-0.2, 0) is 6.18 Å². The molecule has 0 fully saturated rings. The Morgan fingerprint density at radius 2 is 1.85 bits per heavy atom. The quantitative estimate of drug-likeness (QED) is 0.429. The summed E-state index contributed by atoms with van der Waals surface area (Å²) in [5, 5.41) is 3.35. The van der Waals surface area contributed by atoms with Gasteiger partial charge in [-0.15, -0.1) is 0 Å². The maximum absolute atomic E-state index is 12.9. The molecule has 0 radical (unpaired) electrons. The standard InChI is InChI=1S/C25H16F3N3O2/c1-15-5-9-21(30-24(33)19-3-2-4-20(12-19)25(26,27)28)13-17(15)7-6-16-11-18-8-10-22(32)31-23(18)29-14-16/h2-5,8-14H,1H3,(H,30,33)(H,29,31,32). The lowest BCUT2D eigenvalue weighted by atomic mass is 10.1. The SMILES string of the molecule is Cc1ccc(NC(=O)c2cccc(C(F)(F)F)c2)cc1C#Cc1cnc2[nH]c(=O)ccc2c1. The highest BCUT2D eigenvalue weighted by Crippen LogP contribution is 2.29. The van der Waals surface area contributed by atoms with Gasteiger partial charge in [0.25, 0.3) is 5.91 Å². The Labute approximate surface area is 186 Å². The minimum absolute atomic E-state index is 0.0988. The van der Waals surface area contributed by atoms with Crippen molar-refractivity contribution in [3.05, 3.63) is 105 Å². The smallest absolute Gasteiger partial charge is 0.322 e. The van der Waals surface area contributed by atoms with Gasteiger partial charge < -0.3 is 10.3 Å². The molecular formula is C25H16F3N3O2. The summed E-state index contributed by atoms with van der Waals surface area (Å²) in [5.74, 6) is 5.37. The van der Waals surface area contributed by atoms with Crippen molar-refractivity contribution in [1.82, 2.24) is 9.97 Å². The van der Waals surface area contributed by atoms with Crippen molar-refractivity contribution < 1.29 is 18.0 Å². The zero-order chi connectivity index (χ0) is 23.6. The van der Waals surface area contributed by atoms with Crippen LogP contribution in [0.4, 0.5) is 18.9 Å². The number of halogens is 3. The Bertz CT molecular complexity index is 1490. The topological polar surface area (TPSA) is 74.8 Å². The van der Waals surface area contributed by atoms with Crippen LogP contribution in [0.5, 0.6) is 0 Å². The summed E-state index contributed by atoms with van der Waals surface area (Å²) in [6, 6.07) is 14.1. The maximum atomic E-state index is 12.9. The van der Waals surface area contributed by atoms with Gasteiger partial charge in [-0.2, -0.15) is 13.2 Å². The van der Waals surface area contributed by atoms with Gasteiger partial charge in [-0.05, 0) is 55.0 Å². The molecule has 5 nitrogen and oxygen atoms in total. The number of aromatic nitrogens is 2. The summed E-state index contributed by atoms with van der Waals surface area (Å²) in [7, 11) is 0. The number of nitrogens with one attached hydrogen (secondary N) is 2. The molecule has 0 saturated heterocycles. The number of aromatic amines is 1. The summed E-state index contributed by atoms with van der Waals surface area (Å²) in [6.07, 6.45) is -2.99. The third kappa shape index (κ3) is 5.10. The molecular weight excluding hydrogens is 431 g/mol. The molecule has 0 spiro atoms. The van der Waals surface area contributed by atoms with E-state index in [1.165, 1.54) is 18.2 Å². The van der Waals surface area contributed by atoms with Crippen molar-refractivity contribution in [3.8, 4) is 11.8 Å². The van der Waals surface area contributed by atoms with Gasteiger partial charge >= 0.3 is 6.18 Å². The molecule has 2 N–H and O–H groups in total. The van der Waals surface area contributed by atoms with Gasteiger partial charge in [-0.25, -0.2) is 4.98 Å². The van der Waals surface area contributed by atoms with Crippen molar-refractivity contribution in [1.29, 1.82) is 0 Å². The first-order valence-corrected chi connectivity index (χ1v) is 9.79. The van der Waals surface area contributed by atoms with E-state index in [1.807, 2.05) is 6.92 Å². The molecule has 0 aliphatic rings. The number of hydrogen-bond acceptors (Lipinski definition) is 3. The van der Waals surface area contributed by atoms with Gasteiger partial charge in [-0.3, -0.25) is 9.59 Å². The third-order valence-electron chi connectivity index (χ3n) is 4.86. The Kier molecular flexibility index (Phi) is 5.71. The van der Waals surface area contributed by atoms with Crippen LogP contribution >= 0.6 is 0 Å². The molecule has 4 aromatic rings. The molecule has 2 heterocycles. The normalized spacial score (nSPS) is 11.0. The predicted molar refractivity (Wildman–Crippen MR) is 119 cm³/mol. The minimum Gasteiger partial charge on any atom is -0.322 e. The second-order valence-electron chi connectivity index (χ2n) is 7.30. The van der Waals surface area contributed by atoms with E-state index in [1.54, 1.807) is 36.5 Å². The minimum atomic E-state index is -4.53. The van der Waals surface area contributed by atoms with E-state index in [0.717, 1.165) is 23.1 Å². The molecule has 8 heteroatoms. The lowest BCUT2D eigenvalue weighted by Gasteiger charge is -2.10. The van der Waals surface area contributed by atoms with Crippen LogP contribution in [0.25, 0.3) is 11.0 Å². The number of alkyl halides is 3. The number of benzene rings is 2. The second-order valence-corrected chi connectivity index (χ2v) is 7.30. The third-order valence-corrected chi connectivity index (χ3v) is 4.86. The average Bonchev–Trinajstić information content (AvgIpc) is 2.79. The van der Waals surface area contributed by atoms with Crippen LogP contribution in [0.2, 0.25) is 0 Å². The number of pyridine rings is 2. The molecule has 1 amide bonds. The van der Waals surface area contributed by atoms with Crippen molar-refractivity contribution in [2.45, 2.75) is 13.1 Å². The van der Waals surface area contributed by atoms with Gasteiger partial charge in [-0.1, -0.05) is 24.0 Å².